The van der Waals surface area contributed by atoms with Crippen LogP contribution in [0.15, 0.2) is 54.6 Å². The molecule has 138 valence electrons. The van der Waals surface area contributed by atoms with Crippen LogP contribution in [0.25, 0.3) is 11.4 Å². The molecule has 0 aliphatic carbocycles. The number of carbonyl (C=O) groups is 2. The fourth-order valence-corrected chi connectivity index (χ4v) is 2.57. The third-order valence-electron chi connectivity index (χ3n) is 3.90. The smallest absolute Gasteiger partial charge is 0.251 e. The van der Waals surface area contributed by atoms with E-state index >= 15 is 0 Å². The summed E-state index contributed by atoms with van der Waals surface area (Å²) >= 11 is 0. The van der Waals surface area contributed by atoms with Crippen molar-refractivity contribution < 1.29 is 9.59 Å². The zero-order valence-electron chi connectivity index (χ0n) is 15.0. The Morgan fingerprint density at radius 1 is 1.07 bits per heavy atom. The van der Waals surface area contributed by atoms with Gasteiger partial charge in [0.1, 0.15) is 5.82 Å². The third-order valence-corrected chi connectivity index (χ3v) is 3.90. The van der Waals surface area contributed by atoms with Crippen molar-refractivity contribution in [3.63, 3.8) is 0 Å². The van der Waals surface area contributed by atoms with Gasteiger partial charge in [-0.1, -0.05) is 30.3 Å². The molecule has 0 aliphatic heterocycles. The van der Waals surface area contributed by atoms with Gasteiger partial charge >= 0.3 is 0 Å². The van der Waals surface area contributed by atoms with Crippen molar-refractivity contribution in [3.05, 3.63) is 66.0 Å². The maximum absolute atomic E-state index is 12.1. The van der Waals surface area contributed by atoms with E-state index in [-0.39, 0.29) is 11.8 Å². The van der Waals surface area contributed by atoms with E-state index in [9.17, 15) is 9.59 Å². The maximum atomic E-state index is 12.1. The highest BCUT2D eigenvalue weighted by Crippen LogP contribution is 2.19. The lowest BCUT2D eigenvalue weighted by Gasteiger charge is -2.07. The molecule has 3 N–H and O–H groups in total. The maximum Gasteiger partial charge on any atom is 0.251 e. The molecule has 27 heavy (non-hydrogen) atoms. The fourth-order valence-electron chi connectivity index (χ4n) is 2.57. The predicted octanol–water partition coefficient (Wildman–Crippen LogP) is 2.93. The minimum Gasteiger partial charge on any atom is -0.352 e. The molecule has 7 nitrogen and oxygen atoms in total. The van der Waals surface area contributed by atoms with Crippen molar-refractivity contribution in [2.24, 2.45) is 0 Å². The lowest BCUT2D eigenvalue weighted by Crippen LogP contribution is -2.25. The van der Waals surface area contributed by atoms with Crippen LogP contribution in [0.1, 0.15) is 29.0 Å². The predicted molar refractivity (Wildman–Crippen MR) is 103 cm³/mol. The number of carbonyl (C=O) groups excluding carboxylic acids is 2. The number of aryl methyl sites for hydroxylation is 1. The first-order valence-corrected chi connectivity index (χ1v) is 8.74. The fraction of sp³-hybridized carbons (Fsp3) is 0.200. The van der Waals surface area contributed by atoms with Gasteiger partial charge in [0.15, 0.2) is 5.82 Å². The van der Waals surface area contributed by atoms with Crippen LogP contribution in [-0.2, 0) is 4.79 Å². The van der Waals surface area contributed by atoms with E-state index in [0.717, 1.165) is 11.4 Å². The quantitative estimate of drug-likeness (QED) is 0.562. The van der Waals surface area contributed by atoms with E-state index in [2.05, 4.69) is 25.8 Å². The Balaban J connectivity index is 1.45. The summed E-state index contributed by atoms with van der Waals surface area (Å²) in [6.45, 7) is 2.27. The molecule has 3 rings (SSSR count). The number of amides is 2. The molecule has 2 aromatic carbocycles. The standard InChI is InChI=1S/C20H21N5O2/c1-14-22-19(25-24-14)16-9-5-10-17(13-16)23-18(26)11-6-12-21-20(27)15-7-3-2-4-8-15/h2-5,7-10,13H,6,11-12H2,1H3,(H,21,27)(H,23,26)(H,22,24,25). The van der Waals surface area contributed by atoms with Gasteiger partial charge in [-0.2, -0.15) is 5.10 Å². The first-order chi connectivity index (χ1) is 13.1. The summed E-state index contributed by atoms with van der Waals surface area (Å²) in [4.78, 5) is 28.3. The molecule has 2 amide bonds. The van der Waals surface area contributed by atoms with Gasteiger partial charge in [-0.05, 0) is 37.6 Å². The van der Waals surface area contributed by atoms with Crippen molar-refractivity contribution in [1.29, 1.82) is 0 Å². The van der Waals surface area contributed by atoms with Crippen molar-refractivity contribution in [2.75, 3.05) is 11.9 Å². The van der Waals surface area contributed by atoms with Gasteiger partial charge in [0, 0.05) is 29.8 Å². The number of nitrogens with one attached hydrogen (secondary N) is 3. The number of nitrogens with zero attached hydrogens (tertiary/aromatic N) is 2. The highest BCUT2D eigenvalue weighted by Gasteiger charge is 2.08. The largest absolute Gasteiger partial charge is 0.352 e. The molecule has 1 aromatic heterocycles. The molecule has 0 saturated carbocycles. The SMILES string of the molecule is Cc1nc(-c2cccc(NC(=O)CCCNC(=O)c3ccccc3)c2)n[nH]1. The average molecular weight is 363 g/mol. The summed E-state index contributed by atoms with van der Waals surface area (Å²) < 4.78 is 0. The van der Waals surface area contributed by atoms with Crippen LogP contribution in [0, 0.1) is 6.92 Å². The summed E-state index contributed by atoms with van der Waals surface area (Å²) in [5, 5.41) is 12.6. The molecule has 0 spiro atoms. The number of hydrogen-bond acceptors (Lipinski definition) is 4. The minimum atomic E-state index is -0.134. The van der Waals surface area contributed by atoms with Crippen LogP contribution in [-0.4, -0.2) is 33.5 Å². The van der Waals surface area contributed by atoms with E-state index in [0.29, 0.717) is 36.5 Å². The van der Waals surface area contributed by atoms with E-state index < -0.39 is 0 Å². The average Bonchev–Trinajstić information content (AvgIpc) is 3.12. The molecule has 0 aliphatic rings. The zero-order valence-corrected chi connectivity index (χ0v) is 15.0. The monoisotopic (exact) mass is 363 g/mol. The Morgan fingerprint density at radius 3 is 2.63 bits per heavy atom. The topological polar surface area (TPSA) is 99.8 Å². The molecule has 0 unspecified atom stereocenters. The third kappa shape index (κ3) is 5.24. The van der Waals surface area contributed by atoms with Gasteiger partial charge in [0.25, 0.3) is 5.91 Å². The van der Waals surface area contributed by atoms with E-state index in [1.807, 2.05) is 49.4 Å². The molecule has 7 heteroatoms. The normalized spacial score (nSPS) is 10.4. The Morgan fingerprint density at radius 2 is 1.89 bits per heavy atom. The Kier molecular flexibility index (Phi) is 5.94. The number of aromatic amines is 1. The number of anilines is 1. The summed E-state index contributed by atoms with van der Waals surface area (Å²) in [5.41, 5.74) is 2.13. The van der Waals surface area contributed by atoms with Gasteiger partial charge < -0.3 is 10.6 Å². The van der Waals surface area contributed by atoms with Crippen molar-refractivity contribution in [1.82, 2.24) is 20.5 Å². The number of H-pyrrole nitrogens is 1. The van der Waals surface area contributed by atoms with Gasteiger partial charge in [-0.15, -0.1) is 0 Å². The Labute approximate surface area is 157 Å². The summed E-state index contributed by atoms with van der Waals surface area (Å²) in [6.07, 6.45) is 0.878. The molecule has 1 heterocycles. The van der Waals surface area contributed by atoms with Gasteiger partial charge in [-0.25, -0.2) is 4.98 Å². The van der Waals surface area contributed by atoms with Gasteiger partial charge in [0.2, 0.25) is 5.91 Å². The minimum absolute atomic E-state index is 0.104. The zero-order chi connectivity index (χ0) is 19.1. The lowest BCUT2D eigenvalue weighted by atomic mass is 10.2. The second-order valence-corrected chi connectivity index (χ2v) is 6.10. The van der Waals surface area contributed by atoms with Gasteiger partial charge in [0.05, 0.1) is 0 Å². The van der Waals surface area contributed by atoms with Crippen LogP contribution in [0.3, 0.4) is 0 Å². The summed E-state index contributed by atoms with van der Waals surface area (Å²) in [7, 11) is 0. The van der Waals surface area contributed by atoms with Crippen molar-refractivity contribution in [2.45, 2.75) is 19.8 Å². The van der Waals surface area contributed by atoms with E-state index in [1.165, 1.54) is 0 Å². The van der Waals surface area contributed by atoms with Crippen LogP contribution >= 0.6 is 0 Å². The molecule has 3 aromatic rings. The molecule has 0 bridgehead atoms. The van der Waals surface area contributed by atoms with Crippen LogP contribution in [0.5, 0.6) is 0 Å². The van der Waals surface area contributed by atoms with Crippen LogP contribution in [0.4, 0.5) is 5.69 Å². The molecule has 0 atom stereocenters. The van der Waals surface area contributed by atoms with E-state index in [1.54, 1.807) is 12.1 Å². The number of benzene rings is 2. The number of rotatable bonds is 7. The van der Waals surface area contributed by atoms with Crippen LogP contribution < -0.4 is 10.6 Å². The first kappa shape index (κ1) is 18.3. The molecule has 0 saturated heterocycles. The number of aromatic nitrogens is 3. The first-order valence-electron chi connectivity index (χ1n) is 8.74. The van der Waals surface area contributed by atoms with E-state index in [4.69, 9.17) is 0 Å². The molecular formula is C20H21N5O2. The Bertz CT molecular complexity index is 921. The van der Waals surface area contributed by atoms with Crippen molar-refractivity contribution >= 4 is 17.5 Å². The molecule has 0 fully saturated rings. The van der Waals surface area contributed by atoms with Gasteiger partial charge in [-0.3, -0.25) is 14.7 Å². The lowest BCUT2D eigenvalue weighted by molar-refractivity contribution is -0.116. The highest BCUT2D eigenvalue weighted by molar-refractivity contribution is 5.94. The molecular weight excluding hydrogens is 342 g/mol. The summed E-state index contributed by atoms with van der Waals surface area (Å²) in [5.74, 6) is 1.09. The summed E-state index contributed by atoms with van der Waals surface area (Å²) in [6, 6.07) is 16.4. The second-order valence-electron chi connectivity index (χ2n) is 6.10. The number of hydrogen-bond donors (Lipinski definition) is 3. The second kappa shape index (κ2) is 8.75. The van der Waals surface area contributed by atoms with Crippen LogP contribution in [0.2, 0.25) is 0 Å². The Hall–Kier alpha value is -3.48. The van der Waals surface area contributed by atoms with Crippen molar-refractivity contribution in [3.8, 4) is 11.4 Å². The highest BCUT2D eigenvalue weighted by atomic mass is 16.2. The molecule has 0 radical (unpaired) electrons.